The molecule has 1 saturated carbocycles. The van der Waals surface area contributed by atoms with Crippen molar-refractivity contribution in [3.05, 3.63) is 12.3 Å². The van der Waals surface area contributed by atoms with E-state index in [-0.39, 0.29) is 0 Å². The summed E-state index contributed by atoms with van der Waals surface area (Å²) in [7, 11) is 5.63. The van der Waals surface area contributed by atoms with Crippen molar-refractivity contribution in [2.75, 3.05) is 31.4 Å². The van der Waals surface area contributed by atoms with E-state index in [9.17, 15) is 0 Å². The minimum absolute atomic E-state index is 0.410. The minimum atomic E-state index is 0.410. The van der Waals surface area contributed by atoms with Crippen molar-refractivity contribution >= 4 is 11.8 Å². The first-order chi connectivity index (χ1) is 7.69. The molecular formula is C11H18N4O. The lowest BCUT2D eigenvalue weighted by molar-refractivity contribution is 0.0328. The Morgan fingerprint density at radius 1 is 1.44 bits per heavy atom. The van der Waals surface area contributed by atoms with Gasteiger partial charge in [-0.1, -0.05) is 0 Å². The molecule has 16 heavy (non-hydrogen) atoms. The summed E-state index contributed by atoms with van der Waals surface area (Å²) in [5.74, 6) is 1.62. The van der Waals surface area contributed by atoms with E-state index in [0.717, 1.165) is 24.6 Å². The lowest BCUT2D eigenvalue weighted by Gasteiger charge is -2.34. The van der Waals surface area contributed by atoms with Crippen LogP contribution in [0.3, 0.4) is 0 Å². The maximum atomic E-state index is 5.24. The van der Waals surface area contributed by atoms with Gasteiger partial charge in [0.25, 0.3) is 0 Å². The number of methoxy groups -OCH3 is 1. The van der Waals surface area contributed by atoms with Crippen LogP contribution < -0.4 is 10.2 Å². The van der Waals surface area contributed by atoms with Gasteiger partial charge in [0.05, 0.1) is 6.10 Å². The van der Waals surface area contributed by atoms with Crippen LogP contribution in [0.25, 0.3) is 0 Å². The van der Waals surface area contributed by atoms with Crippen LogP contribution in [0.1, 0.15) is 12.8 Å². The van der Waals surface area contributed by atoms with Gasteiger partial charge in [-0.05, 0) is 18.9 Å². The first-order valence-electron chi connectivity index (χ1n) is 5.48. The Labute approximate surface area is 95.8 Å². The van der Waals surface area contributed by atoms with E-state index < -0.39 is 0 Å². The molecule has 5 heteroatoms. The van der Waals surface area contributed by atoms with Crippen molar-refractivity contribution in [1.29, 1.82) is 0 Å². The third-order valence-electron chi connectivity index (χ3n) is 2.82. The van der Waals surface area contributed by atoms with E-state index in [4.69, 9.17) is 4.74 Å². The van der Waals surface area contributed by atoms with Crippen molar-refractivity contribution in [3.63, 3.8) is 0 Å². The molecule has 1 aliphatic carbocycles. The molecular weight excluding hydrogens is 204 g/mol. The van der Waals surface area contributed by atoms with Crippen LogP contribution >= 0.6 is 0 Å². The Bertz CT molecular complexity index is 350. The Kier molecular flexibility index (Phi) is 3.24. The number of nitrogens with one attached hydrogen (secondary N) is 1. The summed E-state index contributed by atoms with van der Waals surface area (Å²) < 4.78 is 5.24. The summed E-state index contributed by atoms with van der Waals surface area (Å²) in [6.45, 7) is 0. The van der Waals surface area contributed by atoms with Crippen molar-refractivity contribution < 1.29 is 4.74 Å². The van der Waals surface area contributed by atoms with Crippen LogP contribution in [0.5, 0.6) is 0 Å². The number of anilines is 2. The second-order valence-electron chi connectivity index (χ2n) is 4.31. The quantitative estimate of drug-likeness (QED) is 0.827. The topological polar surface area (TPSA) is 50.3 Å². The average molecular weight is 222 g/mol. The predicted octanol–water partition coefficient (Wildman–Crippen LogP) is 1.13. The Morgan fingerprint density at radius 3 is 2.81 bits per heavy atom. The molecule has 0 aliphatic heterocycles. The van der Waals surface area contributed by atoms with Gasteiger partial charge in [-0.15, -0.1) is 0 Å². The van der Waals surface area contributed by atoms with Crippen LogP contribution in [0.4, 0.5) is 11.8 Å². The van der Waals surface area contributed by atoms with E-state index in [1.807, 2.05) is 25.1 Å². The fourth-order valence-electron chi connectivity index (χ4n) is 1.73. The third-order valence-corrected chi connectivity index (χ3v) is 2.82. The largest absolute Gasteiger partial charge is 0.381 e. The summed E-state index contributed by atoms with van der Waals surface area (Å²) in [6.07, 6.45) is 4.29. The number of rotatable bonds is 4. The van der Waals surface area contributed by atoms with E-state index in [1.54, 1.807) is 13.3 Å². The highest BCUT2D eigenvalue weighted by atomic mass is 16.5. The van der Waals surface area contributed by atoms with Gasteiger partial charge >= 0.3 is 0 Å². The van der Waals surface area contributed by atoms with Crippen molar-refractivity contribution in [2.24, 2.45) is 0 Å². The molecule has 1 aromatic heterocycles. The molecule has 0 amide bonds. The van der Waals surface area contributed by atoms with Gasteiger partial charge in [-0.25, -0.2) is 4.98 Å². The standard InChI is InChI=1S/C11H18N4O/c1-15(2)11-12-5-4-10(14-11)13-8-6-9(7-8)16-3/h4-5,8-9H,6-7H2,1-3H3,(H,12,13,14). The smallest absolute Gasteiger partial charge is 0.226 e. The van der Waals surface area contributed by atoms with Gasteiger partial charge < -0.3 is 15.0 Å². The third kappa shape index (κ3) is 2.41. The monoisotopic (exact) mass is 222 g/mol. The van der Waals surface area contributed by atoms with Gasteiger partial charge in [-0.2, -0.15) is 4.98 Å². The zero-order valence-electron chi connectivity index (χ0n) is 9.97. The number of hydrogen-bond acceptors (Lipinski definition) is 5. The summed E-state index contributed by atoms with van der Waals surface area (Å²) in [6, 6.07) is 2.38. The van der Waals surface area contributed by atoms with Gasteiger partial charge in [0.2, 0.25) is 5.95 Å². The highest BCUT2D eigenvalue weighted by Crippen LogP contribution is 2.25. The average Bonchev–Trinajstić information content (AvgIpc) is 2.23. The summed E-state index contributed by atoms with van der Waals surface area (Å²) in [4.78, 5) is 10.5. The van der Waals surface area contributed by atoms with E-state index in [0.29, 0.717) is 12.1 Å². The molecule has 0 saturated heterocycles. The van der Waals surface area contributed by atoms with Crippen molar-refractivity contribution in [3.8, 4) is 0 Å². The van der Waals surface area contributed by atoms with Crippen LogP contribution in [-0.4, -0.2) is 43.3 Å². The fraction of sp³-hybridized carbons (Fsp3) is 0.636. The lowest BCUT2D eigenvalue weighted by Crippen LogP contribution is -2.40. The zero-order chi connectivity index (χ0) is 11.5. The van der Waals surface area contributed by atoms with E-state index >= 15 is 0 Å². The second kappa shape index (κ2) is 4.65. The molecule has 1 aliphatic rings. The van der Waals surface area contributed by atoms with Crippen LogP contribution in [-0.2, 0) is 4.74 Å². The van der Waals surface area contributed by atoms with E-state index in [1.165, 1.54) is 0 Å². The Balaban J connectivity index is 1.92. The summed E-state index contributed by atoms with van der Waals surface area (Å²) in [5.41, 5.74) is 0. The SMILES string of the molecule is COC1CC(Nc2ccnc(N(C)C)n2)C1. The van der Waals surface area contributed by atoms with Gasteiger partial charge in [-0.3, -0.25) is 0 Å². The first kappa shape index (κ1) is 11.1. The first-order valence-corrected chi connectivity index (χ1v) is 5.48. The van der Waals surface area contributed by atoms with Gasteiger partial charge in [0.15, 0.2) is 0 Å². The summed E-state index contributed by atoms with van der Waals surface area (Å²) >= 11 is 0. The van der Waals surface area contributed by atoms with Crippen molar-refractivity contribution in [1.82, 2.24) is 9.97 Å². The molecule has 0 atom stereocenters. The van der Waals surface area contributed by atoms with Crippen LogP contribution in [0.2, 0.25) is 0 Å². The molecule has 0 radical (unpaired) electrons. The molecule has 1 heterocycles. The number of ether oxygens (including phenoxy) is 1. The van der Waals surface area contributed by atoms with Crippen LogP contribution in [0, 0.1) is 0 Å². The molecule has 1 aromatic rings. The molecule has 1 fully saturated rings. The zero-order valence-corrected chi connectivity index (χ0v) is 9.97. The predicted molar refractivity (Wildman–Crippen MR) is 63.8 cm³/mol. The summed E-state index contributed by atoms with van der Waals surface area (Å²) in [5, 5.41) is 3.38. The Morgan fingerprint density at radius 2 is 2.19 bits per heavy atom. The normalized spacial score (nSPS) is 23.7. The lowest BCUT2D eigenvalue weighted by atomic mass is 9.89. The molecule has 0 unspecified atom stereocenters. The van der Waals surface area contributed by atoms with Gasteiger partial charge in [0, 0.05) is 33.4 Å². The molecule has 88 valence electrons. The molecule has 1 N–H and O–H groups in total. The fourth-order valence-corrected chi connectivity index (χ4v) is 1.73. The molecule has 0 spiro atoms. The maximum absolute atomic E-state index is 5.24. The number of aromatic nitrogens is 2. The molecule has 0 aromatic carbocycles. The minimum Gasteiger partial charge on any atom is -0.381 e. The molecule has 2 rings (SSSR count). The number of hydrogen-bond donors (Lipinski definition) is 1. The highest BCUT2D eigenvalue weighted by molar-refractivity contribution is 5.41. The molecule has 0 bridgehead atoms. The van der Waals surface area contributed by atoms with E-state index in [2.05, 4.69) is 15.3 Å². The Hall–Kier alpha value is -1.36. The van der Waals surface area contributed by atoms with Crippen molar-refractivity contribution in [2.45, 2.75) is 25.0 Å². The molecule has 5 nitrogen and oxygen atoms in total. The van der Waals surface area contributed by atoms with Gasteiger partial charge in [0.1, 0.15) is 5.82 Å². The van der Waals surface area contributed by atoms with Crippen LogP contribution in [0.15, 0.2) is 12.3 Å². The second-order valence-corrected chi connectivity index (χ2v) is 4.31. The highest BCUT2D eigenvalue weighted by Gasteiger charge is 2.28. The maximum Gasteiger partial charge on any atom is 0.226 e. The number of nitrogens with zero attached hydrogens (tertiary/aromatic N) is 3.